The fourth-order valence-corrected chi connectivity index (χ4v) is 14.9. The van der Waals surface area contributed by atoms with Crippen molar-refractivity contribution in [3.8, 4) is 46.0 Å². The van der Waals surface area contributed by atoms with Crippen molar-refractivity contribution in [1.29, 1.82) is 0 Å². The van der Waals surface area contributed by atoms with Gasteiger partial charge in [-0.3, -0.25) is 18.3 Å². The molecule has 5 rings (SSSR count). The lowest BCUT2D eigenvalue weighted by molar-refractivity contribution is 0.202. The Labute approximate surface area is 393 Å². The first-order valence-corrected chi connectivity index (χ1v) is 28.5. The van der Waals surface area contributed by atoms with Gasteiger partial charge in [-0.05, 0) is 79.7 Å². The molecule has 0 radical (unpaired) electrons. The highest BCUT2D eigenvalue weighted by atomic mass is 31.2. The van der Waals surface area contributed by atoms with Gasteiger partial charge in [0.1, 0.15) is 46.0 Å². The van der Waals surface area contributed by atoms with E-state index in [9.17, 15) is 78.7 Å². The van der Waals surface area contributed by atoms with Crippen LogP contribution >= 0.6 is 30.4 Å². The van der Waals surface area contributed by atoms with Crippen molar-refractivity contribution >= 4 is 30.4 Å². The largest absolute Gasteiger partial charge is 0.508 e. The third kappa shape index (κ3) is 13.2. The van der Waals surface area contributed by atoms with E-state index in [0.29, 0.717) is 0 Å². The molecule has 24 heteroatoms. The van der Waals surface area contributed by atoms with Crippen LogP contribution < -0.4 is 0 Å². The number of rotatable bonds is 16. The van der Waals surface area contributed by atoms with Crippen LogP contribution in [0.5, 0.6) is 46.0 Å². The summed E-state index contributed by atoms with van der Waals surface area (Å²) in [7, 11) is -19.2. The Morgan fingerprint density at radius 2 is 0.456 bits per heavy atom. The lowest BCUT2D eigenvalue weighted by Gasteiger charge is -2.30. The zero-order valence-corrected chi connectivity index (χ0v) is 42.1. The van der Waals surface area contributed by atoms with Gasteiger partial charge in [-0.25, -0.2) is 0 Å². The van der Waals surface area contributed by atoms with Crippen molar-refractivity contribution in [2.75, 3.05) is 24.6 Å². The number of phenolic OH excluding ortho intramolecular Hbond substituents is 8. The van der Waals surface area contributed by atoms with Gasteiger partial charge in [0.25, 0.3) is 0 Å². The number of phenols is 8. The molecule has 12 N–H and O–H groups in total. The van der Waals surface area contributed by atoms with Gasteiger partial charge in [-0.1, -0.05) is 0 Å². The zero-order chi connectivity index (χ0) is 51.2. The Bertz CT molecular complexity index is 2250. The molecule has 4 atom stereocenters. The zero-order valence-electron chi connectivity index (χ0n) is 38.5. The summed E-state index contributed by atoms with van der Waals surface area (Å²) in [5.74, 6) is -12.9. The summed E-state index contributed by atoms with van der Waals surface area (Å²) in [6.07, 6.45) is -7.27. The Morgan fingerprint density at radius 1 is 0.324 bits per heavy atom. The predicted molar refractivity (Wildman–Crippen MR) is 250 cm³/mol. The highest BCUT2D eigenvalue weighted by molar-refractivity contribution is 7.53. The van der Waals surface area contributed by atoms with Crippen LogP contribution in [0.2, 0.25) is 0 Å². The van der Waals surface area contributed by atoms with E-state index in [1.165, 1.54) is 55.4 Å². The van der Waals surface area contributed by atoms with E-state index in [1.807, 2.05) is 0 Å². The molecule has 0 aliphatic heterocycles. The second kappa shape index (κ2) is 20.7. The summed E-state index contributed by atoms with van der Waals surface area (Å²) in [6.45, 7) is 11.7. The van der Waals surface area contributed by atoms with Gasteiger partial charge in [0.15, 0.2) is 0 Å². The Morgan fingerprint density at radius 3 is 0.574 bits per heavy atom. The molecule has 0 saturated heterocycles. The smallest absolute Gasteiger partial charge is 0.329 e. The monoisotopic (exact) mass is 1030 g/mol. The molecule has 0 fully saturated rings. The van der Waals surface area contributed by atoms with Crippen LogP contribution in [-0.4, -0.2) is 109 Å². The van der Waals surface area contributed by atoms with Crippen molar-refractivity contribution in [2.24, 2.45) is 0 Å². The fraction of sp³-hybridized carbons (Fsp3) is 0.455. The number of hydrogen-bond donors (Lipinski definition) is 12. The third-order valence-corrected chi connectivity index (χ3v) is 17.2. The van der Waals surface area contributed by atoms with Gasteiger partial charge >= 0.3 is 30.4 Å². The molecule has 20 nitrogen and oxygen atoms in total. The maximum Gasteiger partial charge on any atom is 0.329 e. The molecule has 0 spiro atoms. The van der Waals surface area contributed by atoms with Crippen LogP contribution in [0.4, 0.5) is 0 Å². The maximum atomic E-state index is 13.9. The fourth-order valence-electron chi connectivity index (χ4n) is 8.55. The molecule has 8 bridgehead atoms. The van der Waals surface area contributed by atoms with E-state index < -0.39 is 149 Å². The molecular weight excluding hydrogens is 972 g/mol. The average molecular weight is 1030 g/mol. The Kier molecular flexibility index (Phi) is 16.7. The first-order chi connectivity index (χ1) is 31.2. The normalized spacial score (nSPS) is 21.1. The molecule has 1 aliphatic carbocycles. The van der Waals surface area contributed by atoms with Crippen LogP contribution in [0.25, 0.3) is 0 Å². The van der Waals surface area contributed by atoms with Gasteiger partial charge in [-0.2, -0.15) is 0 Å². The standard InChI is InChI=1S/C44H60O20P4/c1-21(2)61-65(53,54)17-33-25-9-27(39(47)13-37(25)45)34(18-66(55,56)62-22(3)4)29-11-31(43(51)15-41(29)49)36(20-68(59,60)64-24(7)8)32-12-30(42(50)16-44(32)52)35(19-67(57,58)63-23(5)6)28-10-26(33)38(46)14-40(28)48/h9-16,21-24,33-36,45-52H,17-20H2,1-8H3,(H,53,54)(H,55,56)(H,57,58)(H,59,60). The number of aromatic hydroxyl groups is 8. The summed E-state index contributed by atoms with van der Waals surface area (Å²) < 4.78 is 77.3. The molecule has 4 aromatic carbocycles. The van der Waals surface area contributed by atoms with Gasteiger partial charge in [0.05, 0.1) is 49.1 Å². The molecule has 376 valence electrons. The van der Waals surface area contributed by atoms with E-state index in [2.05, 4.69) is 0 Å². The van der Waals surface area contributed by atoms with E-state index in [0.717, 1.165) is 48.5 Å². The molecular formula is C44H60O20P4. The van der Waals surface area contributed by atoms with Crippen LogP contribution in [0.1, 0.15) is 124 Å². The minimum absolute atomic E-state index is 0.355. The molecule has 1 aliphatic rings. The van der Waals surface area contributed by atoms with Gasteiger partial charge in [0.2, 0.25) is 0 Å². The number of hydrogen-bond acceptors (Lipinski definition) is 16. The predicted octanol–water partition coefficient (Wildman–Crippen LogP) is 8.61. The van der Waals surface area contributed by atoms with Crippen LogP contribution in [0, 0.1) is 0 Å². The molecule has 0 aromatic heterocycles. The summed E-state index contributed by atoms with van der Waals surface area (Å²) in [5, 5.41) is 93.3. The minimum Gasteiger partial charge on any atom is -0.508 e. The number of fused-ring (bicyclic) bond motifs is 8. The van der Waals surface area contributed by atoms with Crippen molar-refractivity contribution in [3.63, 3.8) is 0 Å². The molecule has 0 heterocycles. The summed E-state index contributed by atoms with van der Waals surface area (Å²) >= 11 is 0. The first-order valence-electron chi connectivity index (χ1n) is 21.4. The second-order valence-corrected chi connectivity index (χ2v) is 25.4. The topological polar surface area (TPSA) is 348 Å². The second-order valence-electron chi connectivity index (χ2n) is 18.0. The van der Waals surface area contributed by atoms with E-state index in [-0.39, 0.29) is 44.5 Å². The summed E-state index contributed by atoms with van der Waals surface area (Å²) in [4.78, 5) is 45.2. The average Bonchev–Trinajstić information content (AvgIpc) is 3.13. The highest BCUT2D eigenvalue weighted by Crippen LogP contribution is 2.59. The van der Waals surface area contributed by atoms with Crippen LogP contribution in [-0.2, 0) is 36.4 Å². The lowest BCUT2D eigenvalue weighted by atomic mass is 9.80. The maximum absolute atomic E-state index is 13.9. The first kappa shape index (κ1) is 54.8. The number of benzene rings is 4. The Balaban J connectivity index is 2.07. The molecule has 0 amide bonds. The van der Waals surface area contributed by atoms with E-state index >= 15 is 0 Å². The Hall–Kier alpha value is -4.12. The van der Waals surface area contributed by atoms with Gasteiger partial charge < -0.3 is 78.5 Å². The van der Waals surface area contributed by atoms with E-state index in [4.69, 9.17) is 18.1 Å². The molecule has 68 heavy (non-hydrogen) atoms. The molecule has 4 unspecified atom stereocenters. The lowest BCUT2D eigenvalue weighted by Crippen LogP contribution is -2.17. The minimum atomic E-state index is -4.80. The van der Waals surface area contributed by atoms with Crippen molar-refractivity contribution in [2.45, 2.75) is 103 Å². The SMILES string of the molecule is CC(C)OP(=O)(O)CC1c2cc(c(O)cc2O)C(CP(=O)(O)OC(C)C)c2cc(c(O)cc2O)C(CP(=O)(O)OC(C)C)c2cc(c(O)cc2O)C(CP(=O)(O)OC(C)C)c2cc1c(O)cc2O. The van der Waals surface area contributed by atoms with Crippen molar-refractivity contribution in [3.05, 3.63) is 93.0 Å². The molecule has 4 aromatic rings. The van der Waals surface area contributed by atoms with Gasteiger partial charge in [0, 0.05) is 92.4 Å². The molecule has 0 saturated carbocycles. The van der Waals surface area contributed by atoms with E-state index in [1.54, 1.807) is 0 Å². The van der Waals surface area contributed by atoms with Crippen molar-refractivity contribution in [1.82, 2.24) is 0 Å². The van der Waals surface area contributed by atoms with Crippen LogP contribution in [0.3, 0.4) is 0 Å². The highest BCUT2D eigenvalue weighted by Gasteiger charge is 2.41. The summed E-state index contributed by atoms with van der Waals surface area (Å²) in [5.41, 5.74) is -2.84. The third-order valence-electron chi connectivity index (χ3n) is 10.9. The quantitative estimate of drug-likeness (QED) is 0.0467. The van der Waals surface area contributed by atoms with Crippen molar-refractivity contribution < 1.29 is 96.8 Å². The van der Waals surface area contributed by atoms with Gasteiger partial charge in [-0.15, -0.1) is 0 Å². The van der Waals surface area contributed by atoms with Crippen LogP contribution in [0.15, 0.2) is 48.5 Å². The summed E-state index contributed by atoms with van der Waals surface area (Å²) in [6, 6.07) is 7.35.